The summed E-state index contributed by atoms with van der Waals surface area (Å²) in [5, 5.41) is 5.67. The van der Waals surface area contributed by atoms with Crippen LogP contribution in [0, 0.1) is 0 Å². The van der Waals surface area contributed by atoms with Gasteiger partial charge in [-0.05, 0) is 31.7 Å². The number of rotatable bonds is 4. The van der Waals surface area contributed by atoms with E-state index < -0.39 is 0 Å². The van der Waals surface area contributed by atoms with E-state index in [1.807, 2.05) is 11.3 Å². The molecule has 0 saturated heterocycles. The van der Waals surface area contributed by atoms with Gasteiger partial charge < -0.3 is 5.32 Å². The summed E-state index contributed by atoms with van der Waals surface area (Å²) in [4.78, 5) is 1.43. The third-order valence-electron chi connectivity index (χ3n) is 2.12. The molecule has 1 rings (SSSR count). The first-order valence-corrected chi connectivity index (χ1v) is 5.41. The highest BCUT2D eigenvalue weighted by Crippen LogP contribution is 2.18. The van der Waals surface area contributed by atoms with E-state index in [-0.39, 0.29) is 0 Å². The van der Waals surface area contributed by atoms with Crippen molar-refractivity contribution >= 4 is 11.3 Å². The van der Waals surface area contributed by atoms with E-state index >= 15 is 0 Å². The van der Waals surface area contributed by atoms with Crippen molar-refractivity contribution in [3.05, 3.63) is 22.4 Å². The first-order chi connectivity index (χ1) is 5.74. The maximum absolute atomic E-state index is 3.54. The SMILES string of the molecule is CCC(C)N[C@H](C)c1cccs1. The minimum Gasteiger partial charge on any atom is -0.307 e. The Morgan fingerprint density at radius 3 is 2.75 bits per heavy atom. The molecule has 0 bridgehead atoms. The van der Waals surface area contributed by atoms with Crippen LogP contribution in [0.25, 0.3) is 0 Å². The van der Waals surface area contributed by atoms with Gasteiger partial charge >= 0.3 is 0 Å². The minimum absolute atomic E-state index is 0.500. The molecule has 0 aromatic carbocycles. The zero-order valence-electron chi connectivity index (χ0n) is 8.00. The van der Waals surface area contributed by atoms with Crippen LogP contribution >= 0.6 is 11.3 Å². The summed E-state index contributed by atoms with van der Waals surface area (Å²) in [6.07, 6.45) is 1.19. The molecule has 2 heteroatoms. The molecule has 0 amide bonds. The van der Waals surface area contributed by atoms with Crippen LogP contribution in [0.2, 0.25) is 0 Å². The highest BCUT2D eigenvalue weighted by molar-refractivity contribution is 7.10. The van der Waals surface area contributed by atoms with Gasteiger partial charge in [0, 0.05) is 17.0 Å². The third kappa shape index (κ3) is 2.61. The smallest absolute Gasteiger partial charge is 0.0388 e. The largest absolute Gasteiger partial charge is 0.307 e. The van der Waals surface area contributed by atoms with E-state index in [1.165, 1.54) is 11.3 Å². The first kappa shape index (κ1) is 9.75. The van der Waals surface area contributed by atoms with Crippen LogP contribution in [0.15, 0.2) is 17.5 Å². The monoisotopic (exact) mass is 183 g/mol. The fraction of sp³-hybridized carbons (Fsp3) is 0.600. The quantitative estimate of drug-likeness (QED) is 0.756. The maximum atomic E-state index is 3.54. The lowest BCUT2D eigenvalue weighted by Crippen LogP contribution is -2.27. The molecule has 1 N–H and O–H groups in total. The molecular formula is C10H17NS. The molecule has 1 aromatic rings. The lowest BCUT2D eigenvalue weighted by Gasteiger charge is -2.17. The van der Waals surface area contributed by atoms with Gasteiger partial charge in [-0.1, -0.05) is 13.0 Å². The van der Waals surface area contributed by atoms with Crippen molar-refractivity contribution in [1.29, 1.82) is 0 Å². The van der Waals surface area contributed by atoms with Crippen LogP contribution in [0.5, 0.6) is 0 Å². The highest BCUT2D eigenvalue weighted by atomic mass is 32.1. The van der Waals surface area contributed by atoms with Gasteiger partial charge in [0.2, 0.25) is 0 Å². The number of nitrogens with one attached hydrogen (secondary N) is 1. The molecule has 0 spiro atoms. The summed E-state index contributed by atoms with van der Waals surface area (Å²) in [5.74, 6) is 0. The predicted molar refractivity (Wildman–Crippen MR) is 55.6 cm³/mol. The van der Waals surface area contributed by atoms with E-state index in [0.717, 1.165) is 0 Å². The Morgan fingerprint density at radius 1 is 1.50 bits per heavy atom. The molecule has 0 aliphatic carbocycles. The van der Waals surface area contributed by atoms with Gasteiger partial charge in [-0.2, -0.15) is 0 Å². The van der Waals surface area contributed by atoms with Gasteiger partial charge in [-0.3, -0.25) is 0 Å². The Bertz CT molecular complexity index is 206. The Hall–Kier alpha value is -0.340. The average Bonchev–Trinajstić information content (AvgIpc) is 2.56. The van der Waals surface area contributed by atoms with Gasteiger partial charge in [-0.25, -0.2) is 0 Å². The van der Waals surface area contributed by atoms with Crippen molar-refractivity contribution in [3.63, 3.8) is 0 Å². The van der Waals surface area contributed by atoms with Crippen molar-refractivity contribution in [3.8, 4) is 0 Å². The summed E-state index contributed by atoms with van der Waals surface area (Å²) in [7, 11) is 0. The molecule has 0 radical (unpaired) electrons. The Labute approximate surface area is 78.8 Å². The van der Waals surface area contributed by atoms with E-state index in [2.05, 4.69) is 43.6 Å². The molecule has 1 nitrogen and oxygen atoms in total. The minimum atomic E-state index is 0.500. The summed E-state index contributed by atoms with van der Waals surface area (Å²) in [5.41, 5.74) is 0. The lowest BCUT2D eigenvalue weighted by atomic mass is 10.2. The third-order valence-corrected chi connectivity index (χ3v) is 3.17. The van der Waals surface area contributed by atoms with Crippen molar-refractivity contribution in [2.45, 2.75) is 39.3 Å². The van der Waals surface area contributed by atoms with Crippen molar-refractivity contribution in [1.82, 2.24) is 5.32 Å². The van der Waals surface area contributed by atoms with E-state index in [4.69, 9.17) is 0 Å². The molecule has 1 heterocycles. The lowest BCUT2D eigenvalue weighted by molar-refractivity contribution is 0.474. The Balaban J connectivity index is 2.44. The van der Waals surface area contributed by atoms with Gasteiger partial charge in [-0.15, -0.1) is 11.3 Å². The molecular weight excluding hydrogens is 166 g/mol. The molecule has 0 aliphatic heterocycles. The predicted octanol–water partition coefficient (Wildman–Crippen LogP) is 3.20. The maximum Gasteiger partial charge on any atom is 0.0388 e. The molecule has 0 fully saturated rings. The van der Waals surface area contributed by atoms with Crippen LogP contribution < -0.4 is 5.32 Å². The van der Waals surface area contributed by atoms with Gasteiger partial charge in [0.15, 0.2) is 0 Å². The number of hydrogen-bond donors (Lipinski definition) is 1. The van der Waals surface area contributed by atoms with Crippen LogP contribution in [0.4, 0.5) is 0 Å². The van der Waals surface area contributed by atoms with E-state index in [1.54, 1.807) is 0 Å². The summed E-state index contributed by atoms with van der Waals surface area (Å²) in [6, 6.07) is 5.40. The second-order valence-corrected chi connectivity index (χ2v) is 4.19. The molecule has 2 atom stereocenters. The standard InChI is InChI=1S/C10H17NS/c1-4-8(2)11-9(3)10-6-5-7-12-10/h5-9,11H,4H2,1-3H3/t8?,9-/m1/s1. The second-order valence-electron chi connectivity index (χ2n) is 3.21. The van der Waals surface area contributed by atoms with Gasteiger partial charge in [0.05, 0.1) is 0 Å². The number of hydrogen-bond acceptors (Lipinski definition) is 2. The molecule has 1 aromatic heterocycles. The fourth-order valence-corrected chi connectivity index (χ4v) is 1.91. The van der Waals surface area contributed by atoms with Crippen LogP contribution in [-0.4, -0.2) is 6.04 Å². The van der Waals surface area contributed by atoms with Crippen molar-refractivity contribution < 1.29 is 0 Å². The topological polar surface area (TPSA) is 12.0 Å². The number of thiophene rings is 1. The van der Waals surface area contributed by atoms with Crippen molar-refractivity contribution in [2.24, 2.45) is 0 Å². The van der Waals surface area contributed by atoms with Crippen LogP contribution in [0.3, 0.4) is 0 Å². The molecule has 0 aliphatic rings. The highest BCUT2D eigenvalue weighted by Gasteiger charge is 2.07. The molecule has 68 valence electrons. The summed E-state index contributed by atoms with van der Waals surface area (Å²) < 4.78 is 0. The zero-order valence-corrected chi connectivity index (χ0v) is 8.82. The normalized spacial score (nSPS) is 15.9. The average molecular weight is 183 g/mol. The van der Waals surface area contributed by atoms with Crippen molar-refractivity contribution in [2.75, 3.05) is 0 Å². The second kappa shape index (κ2) is 4.63. The zero-order chi connectivity index (χ0) is 8.97. The summed E-state index contributed by atoms with van der Waals surface area (Å²) in [6.45, 7) is 6.65. The van der Waals surface area contributed by atoms with E-state index in [9.17, 15) is 0 Å². The first-order valence-electron chi connectivity index (χ1n) is 4.53. The fourth-order valence-electron chi connectivity index (χ4n) is 1.16. The van der Waals surface area contributed by atoms with Gasteiger partial charge in [0.25, 0.3) is 0 Å². The van der Waals surface area contributed by atoms with Crippen LogP contribution in [-0.2, 0) is 0 Å². The van der Waals surface area contributed by atoms with Gasteiger partial charge in [0.1, 0.15) is 0 Å². The van der Waals surface area contributed by atoms with Crippen LogP contribution in [0.1, 0.15) is 38.1 Å². The Morgan fingerprint density at radius 2 is 2.25 bits per heavy atom. The molecule has 1 unspecified atom stereocenters. The molecule has 0 saturated carbocycles. The molecule has 12 heavy (non-hydrogen) atoms. The summed E-state index contributed by atoms with van der Waals surface area (Å²) >= 11 is 1.82. The Kier molecular flexibility index (Phi) is 3.76. The van der Waals surface area contributed by atoms with E-state index in [0.29, 0.717) is 12.1 Å².